The van der Waals surface area contributed by atoms with Gasteiger partial charge in [0.1, 0.15) is 5.82 Å². The fourth-order valence-corrected chi connectivity index (χ4v) is 1.74. The van der Waals surface area contributed by atoms with Crippen molar-refractivity contribution in [3.8, 4) is 0 Å². The van der Waals surface area contributed by atoms with Crippen molar-refractivity contribution in [2.24, 2.45) is 7.05 Å². The van der Waals surface area contributed by atoms with Crippen LogP contribution in [-0.2, 0) is 33.9 Å². The van der Waals surface area contributed by atoms with Gasteiger partial charge in [-0.05, 0) is 12.2 Å². The Bertz CT molecular complexity index is 218. The maximum atomic E-state index is 4.23. The van der Waals surface area contributed by atoms with E-state index >= 15 is 0 Å². The Morgan fingerprint density at radius 3 is 2.69 bits per heavy atom. The third-order valence-corrected chi connectivity index (χ3v) is 2.66. The fraction of sp³-hybridized carbons (Fsp3) is 0.625. The number of aryl methyl sites for hydroxylation is 1. The van der Waals surface area contributed by atoms with Crippen molar-refractivity contribution in [3.05, 3.63) is 18.2 Å². The van der Waals surface area contributed by atoms with E-state index in [1.807, 2.05) is 31.2 Å². The van der Waals surface area contributed by atoms with Crippen molar-refractivity contribution in [2.75, 3.05) is 5.75 Å². The second kappa shape index (κ2) is 9.11. The first-order chi connectivity index (χ1) is 5.34. The molecule has 2 nitrogen and oxygen atoms in total. The van der Waals surface area contributed by atoms with E-state index < -0.39 is 0 Å². The average Bonchev–Trinajstić information content (AvgIpc) is 2.37. The number of halogens is 1. The molecule has 0 aliphatic carbocycles. The summed E-state index contributed by atoms with van der Waals surface area (Å²) in [5, 5.41) is 0. The van der Waals surface area contributed by atoms with Crippen LogP contribution >= 0.6 is 11.8 Å². The molecule has 0 saturated heterocycles. The molecule has 0 saturated carbocycles. The van der Waals surface area contributed by atoms with Gasteiger partial charge >= 0.3 is 21.1 Å². The van der Waals surface area contributed by atoms with Gasteiger partial charge in [-0.2, -0.15) is 11.8 Å². The normalized spacial score (nSPS) is 8.77. The Morgan fingerprint density at radius 2 is 2.23 bits per heavy atom. The van der Waals surface area contributed by atoms with E-state index in [9.17, 15) is 0 Å². The molecule has 1 aromatic rings. The number of nitrogens with zero attached hydrogens (tertiary/aromatic N) is 2. The summed E-state index contributed by atoms with van der Waals surface area (Å²) >= 11 is 1.94. The molecule has 0 atom stereocenters. The molecule has 0 amide bonds. The van der Waals surface area contributed by atoms with E-state index in [1.165, 1.54) is 18.0 Å². The first kappa shape index (κ1) is 16.0. The van der Waals surface area contributed by atoms with Gasteiger partial charge in [-0.25, -0.2) is 4.98 Å². The molecule has 5 heteroatoms. The van der Waals surface area contributed by atoms with Gasteiger partial charge in [0.25, 0.3) is 0 Å². The van der Waals surface area contributed by atoms with Crippen LogP contribution in [0.1, 0.15) is 19.2 Å². The molecule has 0 N–H and O–H groups in total. The Balaban J connectivity index is 0. The van der Waals surface area contributed by atoms with E-state index in [4.69, 9.17) is 0 Å². The molecule has 0 fully saturated rings. The molecule has 0 aromatic carbocycles. The summed E-state index contributed by atoms with van der Waals surface area (Å²) < 4.78 is 2.07. The Kier molecular flexibility index (Phi) is 11.2. The van der Waals surface area contributed by atoms with Crippen molar-refractivity contribution < 1.29 is 33.5 Å². The average molecular weight is 401 g/mol. The Morgan fingerprint density at radius 1 is 1.54 bits per heavy atom. The Hall–Kier alpha value is 0.538. The number of rotatable bonds is 4. The topological polar surface area (TPSA) is 17.8 Å². The molecule has 0 aliphatic heterocycles. The number of imidazole rings is 1. The van der Waals surface area contributed by atoms with Crippen LogP contribution in [0, 0.1) is 0 Å². The van der Waals surface area contributed by atoms with Gasteiger partial charge in [0.05, 0.1) is 5.75 Å². The van der Waals surface area contributed by atoms with Crippen LogP contribution in [0.2, 0.25) is 0 Å². The summed E-state index contributed by atoms with van der Waals surface area (Å²) in [6, 6.07) is 0. The predicted molar refractivity (Wildman–Crippen MR) is 49.7 cm³/mol. The number of aromatic nitrogens is 2. The first-order valence-electron chi connectivity index (χ1n) is 3.88. The Labute approximate surface area is 105 Å². The van der Waals surface area contributed by atoms with E-state index in [0.29, 0.717) is 0 Å². The SMILES string of the molecule is CCCSCc1nccn1C.[Cl-].[Pt+2]. The van der Waals surface area contributed by atoms with Gasteiger partial charge in [-0.3, -0.25) is 0 Å². The molecule has 1 rings (SSSR count). The molecular weight excluding hydrogens is 387 g/mol. The summed E-state index contributed by atoms with van der Waals surface area (Å²) in [4.78, 5) is 4.23. The summed E-state index contributed by atoms with van der Waals surface area (Å²) in [6.45, 7) is 2.20. The van der Waals surface area contributed by atoms with Crippen LogP contribution in [0.3, 0.4) is 0 Å². The second-order valence-electron chi connectivity index (χ2n) is 2.51. The zero-order valence-electron chi connectivity index (χ0n) is 7.77. The largest absolute Gasteiger partial charge is 2.00 e. The smallest absolute Gasteiger partial charge is 1.00 e. The standard InChI is InChI=1S/C8H14N2S.ClH.Pt/c1-3-6-11-7-8-9-4-5-10(8)2;;/h4-5H,3,6-7H2,1-2H3;1H;/q;;+2/p-1. The summed E-state index contributed by atoms with van der Waals surface area (Å²) in [7, 11) is 2.04. The van der Waals surface area contributed by atoms with Crippen molar-refractivity contribution in [1.29, 1.82) is 0 Å². The third kappa shape index (κ3) is 5.77. The second-order valence-corrected chi connectivity index (χ2v) is 3.61. The van der Waals surface area contributed by atoms with Gasteiger partial charge < -0.3 is 17.0 Å². The summed E-state index contributed by atoms with van der Waals surface area (Å²) in [5.74, 6) is 3.44. The predicted octanol–water partition coefficient (Wildman–Crippen LogP) is -0.935. The van der Waals surface area contributed by atoms with Gasteiger partial charge in [-0.1, -0.05) is 6.92 Å². The first-order valence-corrected chi connectivity index (χ1v) is 5.04. The van der Waals surface area contributed by atoms with Crippen LogP contribution in [0.5, 0.6) is 0 Å². The zero-order chi connectivity index (χ0) is 8.10. The molecule has 0 bridgehead atoms. The van der Waals surface area contributed by atoms with Crippen LogP contribution in [-0.4, -0.2) is 15.3 Å². The van der Waals surface area contributed by atoms with Gasteiger partial charge in [0, 0.05) is 19.4 Å². The minimum Gasteiger partial charge on any atom is -1.00 e. The van der Waals surface area contributed by atoms with Crippen molar-refractivity contribution >= 4 is 11.8 Å². The minimum atomic E-state index is 0. The monoisotopic (exact) mass is 400 g/mol. The van der Waals surface area contributed by atoms with Gasteiger partial charge in [0.15, 0.2) is 0 Å². The molecule has 78 valence electrons. The van der Waals surface area contributed by atoms with Gasteiger partial charge in [-0.15, -0.1) is 0 Å². The third-order valence-electron chi connectivity index (χ3n) is 1.50. The summed E-state index contributed by atoms with van der Waals surface area (Å²) in [5.41, 5.74) is 0. The van der Waals surface area contributed by atoms with Crippen molar-refractivity contribution in [3.63, 3.8) is 0 Å². The van der Waals surface area contributed by atoms with E-state index in [0.717, 1.165) is 5.75 Å². The molecule has 0 radical (unpaired) electrons. The van der Waals surface area contributed by atoms with Gasteiger partial charge in [0.2, 0.25) is 0 Å². The quantitative estimate of drug-likeness (QED) is 0.608. The maximum Gasteiger partial charge on any atom is 2.00 e. The molecule has 0 unspecified atom stereocenters. The van der Waals surface area contributed by atoms with Crippen LogP contribution in [0.25, 0.3) is 0 Å². The molecule has 13 heavy (non-hydrogen) atoms. The molecule has 0 aliphatic rings. The zero-order valence-corrected chi connectivity index (χ0v) is 11.6. The van der Waals surface area contributed by atoms with E-state index in [2.05, 4.69) is 16.5 Å². The molecule has 1 heterocycles. The molecule has 1 aromatic heterocycles. The molecule has 0 spiro atoms. The van der Waals surface area contributed by atoms with E-state index in [1.54, 1.807) is 0 Å². The van der Waals surface area contributed by atoms with Crippen molar-refractivity contribution in [1.82, 2.24) is 9.55 Å². The number of hydrogen-bond acceptors (Lipinski definition) is 2. The minimum absolute atomic E-state index is 0. The maximum absolute atomic E-state index is 4.23. The van der Waals surface area contributed by atoms with E-state index in [-0.39, 0.29) is 33.5 Å². The fourth-order valence-electron chi connectivity index (χ4n) is 0.843. The number of hydrogen-bond donors (Lipinski definition) is 0. The molecular formula is C8H14ClN2PtS+. The van der Waals surface area contributed by atoms with Crippen LogP contribution < -0.4 is 12.4 Å². The van der Waals surface area contributed by atoms with Crippen LogP contribution in [0.15, 0.2) is 12.4 Å². The summed E-state index contributed by atoms with van der Waals surface area (Å²) in [6.07, 6.45) is 5.08. The van der Waals surface area contributed by atoms with Crippen LogP contribution in [0.4, 0.5) is 0 Å². The number of thioether (sulfide) groups is 1. The van der Waals surface area contributed by atoms with Crippen molar-refractivity contribution in [2.45, 2.75) is 19.1 Å².